The van der Waals surface area contributed by atoms with Crippen molar-refractivity contribution < 1.29 is 18.7 Å². The lowest BCUT2D eigenvalue weighted by Gasteiger charge is -2.19. The minimum Gasteiger partial charge on any atom is -0.460 e. The van der Waals surface area contributed by atoms with Crippen LogP contribution in [0.15, 0.2) is 22.6 Å². The van der Waals surface area contributed by atoms with Gasteiger partial charge in [0.25, 0.3) is 0 Å². The summed E-state index contributed by atoms with van der Waals surface area (Å²) in [6.07, 6.45) is -0.282. The van der Waals surface area contributed by atoms with Crippen LogP contribution in [0.2, 0.25) is 0 Å². The molecule has 0 saturated heterocycles. The van der Waals surface area contributed by atoms with Gasteiger partial charge in [-0.3, -0.25) is 9.59 Å². The molecule has 2 rings (SSSR count). The zero-order valence-corrected chi connectivity index (χ0v) is 12.0. The van der Waals surface area contributed by atoms with E-state index < -0.39 is 11.6 Å². The van der Waals surface area contributed by atoms with Gasteiger partial charge in [0, 0.05) is 12.5 Å². The molecule has 1 aromatic heterocycles. The molecule has 0 unspecified atom stereocenters. The Hall–Kier alpha value is -2.17. The van der Waals surface area contributed by atoms with Gasteiger partial charge in [0.1, 0.15) is 17.5 Å². The van der Waals surface area contributed by atoms with E-state index in [4.69, 9.17) is 9.15 Å². The number of Topliss-reactive ketones (excluding diaryl/α,β-unsaturated/α-hetero) is 1. The fourth-order valence-electron chi connectivity index (χ4n) is 1.82. The standard InChI is InChI=1S/C15H17NO4/c1-9-16-11-6-5-10(7-13(11)19-9)12(17)8-14(18)20-15(2,3)4/h5-7H,8H2,1-4H3. The first-order chi connectivity index (χ1) is 9.24. The molecule has 2 aromatic rings. The molecule has 0 N–H and O–H groups in total. The van der Waals surface area contributed by atoms with E-state index in [9.17, 15) is 9.59 Å². The highest BCUT2D eigenvalue weighted by Gasteiger charge is 2.20. The molecule has 0 aliphatic rings. The number of aryl methyl sites for hydroxylation is 1. The molecular weight excluding hydrogens is 258 g/mol. The average molecular weight is 275 g/mol. The van der Waals surface area contributed by atoms with Crippen LogP contribution in [-0.2, 0) is 9.53 Å². The molecule has 0 aliphatic carbocycles. The molecular formula is C15H17NO4. The molecule has 0 atom stereocenters. The Morgan fingerprint density at radius 3 is 2.65 bits per heavy atom. The van der Waals surface area contributed by atoms with E-state index in [-0.39, 0.29) is 12.2 Å². The molecule has 0 amide bonds. The van der Waals surface area contributed by atoms with Crippen LogP contribution in [0.1, 0.15) is 43.4 Å². The van der Waals surface area contributed by atoms with Gasteiger partial charge in [-0.2, -0.15) is 0 Å². The topological polar surface area (TPSA) is 69.4 Å². The monoisotopic (exact) mass is 275 g/mol. The van der Waals surface area contributed by atoms with Crippen molar-refractivity contribution >= 4 is 22.9 Å². The second-order valence-electron chi connectivity index (χ2n) is 5.60. The molecule has 106 valence electrons. The Bertz CT molecular complexity index is 664. The minimum absolute atomic E-state index is 0.282. The van der Waals surface area contributed by atoms with E-state index in [2.05, 4.69) is 4.98 Å². The summed E-state index contributed by atoms with van der Waals surface area (Å²) in [4.78, 5) is 27.8. The molecule has 5 heteroatoms. The molecule has 0 saturated carbocycles. The number of nitrogens with zero attached hydrogens (tertiary/aromatic N) is 1. The number of oxazole rings is 1. The normalized spacial score (nSPS) is 11.6. The van der Waals surface area contributed by atoms with Gasteiger partial charge in [-0.15, -0.1) is 0 Å². The van der Waals surface area contributed by atoms with E-state index in [0.29, 0.717) is 22.6 Å². The van der Waals surface area contributed by atoms with Crippen LogP contribution in [0.4, 0.5) is 0 Å². The maximum Gasteiger partial charge on any atom is 0.314 e. The average Bonchev–Trinajstić information content (AvgIpc) is 2.64. The summed E-state index contributed by atoms with van der Waals surface area (Å²) < 4.78 is 10.5. The van der Waals surface area contributed by atoms with E-state index in [1.807, 2.05) is 0 Å². The third kappa shape index (κ3) is 3.44. The lowest BCUT2D eigenvalue weighted by atomic mass is 10.1. The summed E-state index contributed by atoms with van der Waals surface area (Å²) in [5, 5.41) is 0. The zero-order valence-electron chi connectivity index (χ0n) is 12.0. The van der Waals surface area contributed by atoms with Crippen LogP contribution < -0.4 is 0 Å². The smallest absolute Gasteiger partial charge is 0.314 e. The lowest BCUT2D eigenvalue weighted by molar-refractivity contribution is -0.153. The first kappa shape index (κ1) is 14.2. The van der Waals surface area contributed by atoms with Gasteiger partial charge in [-0.05, 0) is 39.0 Å². The third-order valence-corrected chi connectivity index (χ3v) is 2.54. The fourth-order valence-corrected chi connectivity index (χ4v) is 1.82. The second-order valence-corrected chi connectivity index (χ2v) is 5.60. The van der Waals surface area contributed by atoms with E-state index in [0.717, 1.165) is 0 Å². The quantitative estimate of drug-likeness (QED) is 0.489. The molecule has 0 aliphatic heterocycles. The van der Waals surface area contributed by atoms with Crippen molar-refractivity contribution in [1.29, 1.82) is 0 Å². The van der Waals surface area contributed by atoms with Crippen LogP contribution in [0.5, 0.6) is 0 Å². The van der Waals surface area contributed by atoms with Gasteiger partial charge in [0.2, 0.25) is 0 Å². The second kappa shape index (κ2) is 5.07. The first-order valence-electron chi connectivity index (χ1n) is 6.37. The van der Waals surface area contributed by atoms with Crippen molar-refractivity contribution in [3.63, 3.8) is 0 Å². The number of carbonyl (C=O) groups is 2. The van der Waals surface area contributed by atoms with Crippen molar-refractivity contribution in [2.75, 3.05) is 0 Å². The van der Waals surface area contributed by atoms with Crippen molar-refractivity contribution in [1.82, 2.24) is 4.98 Å². The molecule has 5 nitrogen and oxygen atoms in total. The van der Waals surface area contributed by atoms with Crippen LogP contribution in [0.25, 0.3) is 11.1 Å². The number of ether oxygens (including phenoxy) is 1. The Labute approximate surface area is 116 Å². The number of benzene rings is 1. The summed E-state index contributed by atoms with van der Waals surface area (Å²) in [7, 11) is 0. The lowest BCUT2D eigenvalue weighted by Crippen LogP contribution is -2.25. The molecule has 1 aromatic carbocycles. The van der Waals surface area contributed by atoms with Gasteiger partial charge < -0.3 is 9.15 Å². The summed E-state index contributed by atoms with van der Waals surface area (Å²) in [5.41, 5.74) is 1.05. The highest BCUT2D eigenvalue weighted by Crippen LogP contribution is 2.18. The summed E-state index contributed by atoms with van der Waals surface area (Å²) in [5.74, 6) is -0.289. The van der Waals surface area contributed by atoms with Gasteiger partial charge in [-0.1, -0.05) is 0 Å². The van der Waals surface area contributed by atoms with E-state index >= 15 is 0 Å². The number of rotatable bonds is 3. The van der Waals surface area contributed by atoms with Crippen molar-refractivity contribution in [2.24, 2.45) is 0 Å². The Morgan fingerprint density at radius 1 is 1.30 bits per heavy atom. The van der Waals surface area contributed by atoms with E-state index in [1.165, 1.54) is 0 Å². The van der Waals surface area contributed by atoms with Crippen LogP contribution in [0.3, 0.4) is 0 Å². The fraction of sp³-hybridized carbons (Fsp3) is 0.400. The Kier molecular flexibility index (Phi) is 3.61. The molecule has 20 heavy (non-hydrogen) atoms. The Balaban J connectivity index is 2.13. The van der Waals surface area contributed by atoms with Crippen LogP contribution in [0, 0.1) is 6.92 Å². The number of carbonyl (C=O) groups excluding carboxylic acids is 2. The maximum absolute atomic E-state index is 12.0. The number of aromatic nitrogens is 1. The van der Waals surface area contributed by atoms with Crippen molar-refractivity contribution in [3.05, 3.63) is 29.7 Å². The third-order valence-electron chi connectivity index (χ3n) is 2.54. The molecule has 0 fully saturated rings. The van der Waals surface area contributed by atoms with Crippen molar-refractivity contribution in [3.8, 4) is 0 Å². The number of hydrogen-bond donors (Lipinski definition) is 0. The van der Waals surface area contributed by atoms with Gasteiger partial charge in [-0.25, -0.2) is 4.98 Å². The summed E-state index contributed by atoms with van der Waals surface area (Å²) in [6.45, 7) is 7.03. The zero-order chi connectivity index (χ0) is 14.9. The molecule has 0 radical (unpaired) electrons. The Morgan fingerprint density at radius 2 is 2.00 bits per heavy atom. The maximum atomic E-state index is 12.0. The van der Waals surface area contributed by atoms with Crippen LogP contribution in [-0.4, -0.2) is 22.3 Å². The number of hydrogen-bond acceptors (Lipinski definition) is 5. The predicted octanol–water partition coefficient (Wildman–Crippen LogP) is 3.05. The first-order valence-corrected chi connectivity index (χ1v) is 6.37. The van der Waals surface area contributed by atoms with Gasteiger partial charge >= 0.3 is 5.97 Å². The van der Waals surface area contributed by atoms with Crippen LogP contribution >= 0.6 is 0 Å². The highest BCUT2D eigenvalue weighted by atomic mass is 16.6. The summed E-state index contributed by atoms with van der Waals surface area (Å²) in [6, 6.07) is 4.94. The SMILES string of the molecule is Cc1nc2ccc(C(=O)CC(=O)OC(C)(C)C)cc2o1. The highest BCUT2D eigenvalue weighted by molar-refractivity contribution is 6.07. The molecule has 0 spiro atoms. The number of esters is 1. The number of fused-ring (bicyclic) bond motifs is 1. The van der Waals surface area contributed by atoms with Gasteiger partial charge in [0.05, 0.1) is 0 Å². The van der Waals surface area contributed by atoms with Gasteiger partial charge in [0.15, 0.2) is 17.3 Å². The minimum atomic E-state index is -0.594. The molecule has 1 heterocycles. The predicted molar refractivity (Wildman–Crippen MR) is 73.5 cm³/mol. The largest absolute Gasteiger partial charge is 0.460 e. The molecule has 0 bridgehead atoms. The summed E-state index contributed by atoms with van der Waals surface area (Å²) >= 11 is 0. The number of ketones is 1. The van der Waals surface area contributed by atoms with Crippen molar-refractivity contribution in [2.45, 2.75) is 39.7 Å². The van der Waals surface area contributed by atoms with E-state index in [1.54, 1.807) is 45.9 Å².